The van der Waals surface area contributed by atoms with Crippen molar-refractivity contribution in [1.29, 1.82) is 0 Å². The van der Waals surface area contributed by atoms with E-state index in [1.807, 2.05) is 72.8 Å². The Bertz CT molecular complexity index is 985. The van der Waals surface area contributed by atoms with Crippen LogP contribution in [0.15, 0.2) is 78.9 Å². The molecule has 5 nitrogen and oxygen atoms in total. The van der Waals surface area contributed by atoms with E-state index in [9.17, 15) is 4.79 Å². The molecule has 31 heavy (non-hydrogen) atoms. The second-order valence-corrected chi connectivity index (χ2v) is 7.61. The number of anilines is 1. The first-order valence-corrected chi connectivity index (χ1v) is 10.9. The molecule has 1 heterocycles. The number of hydrogen-bond donors (Lipinski definition) is 1. The van der Waals surface area contributed by atoms with Gasteiger partial charge in [0.15, 0.2) is 5.75 Å². The second-order valence-electron chi connectivity index (χ2n) is 7.61. The molecule has 1 aliphatic rings. The van der Waals surface area contributed by atoms with Crippen molar-refractivity contribution in [3.8, 4) is 17.2 Å². The third kappa shape index (κ3) is 5.86. The quantitative estimate of drug-likeness (QED) is 0.520. The molecule has 0 aromatic heterocycles. The topological polar surface area (TPSA) is 50.8 Å². The van der Waals surface area contributed by atoms with Gasteiger partial charge in [-0.25, -0.2) is 0 Å². The molecule has 1 amide bonds. The van der Waals surface area contributed by atoms with Gasteiger partial charge in [-0.05, 0) is 62.3 Å². The predicted molar refractivity (Wildman–Crippen MR) is 123 cm³/mol. The third-order valence-electron chi connectivity index (χ3n) is 5.35. The summed E-state index contributed by atoms with van der Waals surface area (Å²) in [5, 5.41) is 2.97. The Morgan fingerprint density at radius 1 is 0.806 bits per heavy atom. The van der Waals surface area contributed by atoms with Gasteiger partial charge in [-0.3, -0.25) is 9.69 Å². The van der Waals surface area contributed by atoms with E-state index in [1.54, 1.807) is 6.07 Å². The molecule has 0 unspecified atom stereocenters. The molecule has 0 atom stereocenters. The lowest BCUT2D eigenvalue weighted by Gasteiger charge is -2.26. The minimum Gasteiger partial charge on any atom is -0.491 e. The van der Waals surface area contributed by atoms with Gasteiger partial charge in [-0.15, -0.1) is 0 Å². The highest BCUT2D eigenvalue weighted by Crippen LogP contribution is 2.30. The van der Waals surface area contributed by atoms with Crippen LogP contribution in [-0.4, -0.2) is 37.0 Å². The summed E-state index contributed by atoms with van der Waals surface area (Å²) in [6, 6.07) is 24.3. The van der Waals surface area contributed by atoms with Crippen molar-refractivity contribution in [2.24, 2.45) is 0 Å². The van der Waals surface area contributed by atoms with E-state index in [1.165, 1.54) is 19.3 Å². The van der Waals surface area contributed by atoms with E-state index >= 15 is 0 Å². The molecule has 3 aromatic carbocycles. The number of nitrogens with one attached hydrogen (secondary N) is 1. The molecular weight excluding hydrogens is 388 g/mol. The molecule has 3 aromatic rings. The van der Waals surface area contributed by atoms with E-state index in [4.69, 9.17) is 9.47 Å². The van der Waals surface area contributed by atoms with Gasteiger partial charge >= 0.3 is 0 Å². The minimum atomic E-state index is -0.224. The van der Waals surface area contributed by atoms with Crippen molar-refractivity contribution in [2.45, 2.75) is 19.3 Å². The highest BCUT2D eigenvalue weighted by Gasteiger charge is 2.16. The molecule has 160 valence electrons. The van der Waals surface area contributed by atoms with E-state index < -0.39 is 0 Å². The van der Waals surface area contributed by atoms with E-state index in [0.717, 1.165) is 19.6 Å². The van der Waals surface area contributed by atoms with Crippen molar-refractivity contribution in [3.63, 3.8) is 0 Å². The molecule has 0 spiro atoms. The molecule has 5 heteroatoms. The summed E-state index contributed by atoms with van der Waals surface area (Å²) >= 11 is 0. The smallest absolute Gasteiger partial charge is 0.259 e. The fourth-order valence-corrected chi connectivity index (χ4v) is 3.71. The number of ether oxygens (including phenoxy) is 2. The van der Waals surface area contributed by atoms with Gasteiger partial charge in [0.25, 0.3) is 5.91 Å². The van der Waals surface area contributed by atoms with E-state index in [0.29, 0.717) is 35.1 Å². The van der Waals surface area contributed by atoms with E-state index in [2.05, 4.69) is 10.2 Å². The van der Waals surface area contributed by atoms with Crippen LogP contribution in [0.4, 0.5) is 5.69 Å². The van der Waals surface area contributed by atoms with Crippen LogP contribution in [0.25, 0.3) is 0 Å². The number of carbonyl (C=O) groups is 1. The molecule has 4 rings (SSSR count). The number of amides is 1. The maximum atomic E-state index is 13.0. The monoisotopic (exact) mass is 416 g/mol. The summed E-state index contributed by atoms with van der Waals surface area (Å²) in [7, 11) is 0. The molecule has 0 saturated carbocycles. The van der Waals surface area contributed by atoms with Crippen LogP contribution in [-0.2, 0) is 0 Å². The van der Waals surface area contributed by atoms with Crippen molar-refractivity contribution >= 4 is 11.6 Å². The van der Waals surface area contributed by atoms with Gasteiger partial charge in [-0.2, -0.15) is 0 Å². The van der Waals surface area contributed by atoms with E-state index in [-0.39, 0.29) is 5.91 Å². The molecule has 1 fully saturated rings. The normalized spacial score (nSPS) is 14.1. The molecule has 0 bridgehead atoms. The van der Waals surface area contributed by atoms with Crippen molar-refractivity contribution in [3.05, 3.63) is 84.4 Å². The maximum absolute atomic E-state index is 13.0. The first-order chi connectivity index (χ1) is 15.3. The largest absolute Gasteiger partial charge is 0.491 e. The highest BCUT2D eigenvalue weighted by atomic mass is 16.5. The maximum Gasteiger partial charge on any atom is 0.259 e. The van der Waals surface area contributed by atoms with Crippen LogP contribution >= 0.6 is 0 Å². The molecule has 1 aliphatic heterocycles. The summed E-state index contributed by atoms with van der Waals surface area (Å²) in [5.74, 6) is 1.67. The summed E-state index contributed by atoms with van der Waals surface area (Å²) in [5.41, 5.74) is 1.12. The minimum absolute atomic E-state index is 0.224. The summed E-state index contributed by atoms with van der Waals surface area (Å²) in [6.07, 6.45) is 3.82. The first-order valence-electron chi connectivity index (χ1n) is 10.9. The Morgan fingerprint density at radius 2 is 1.48 bits per heavy atom. The number of hydrogen-bond acceptors (Lipinski definition) is 4. The Labute approximate surface area is 183 Å². The zero-order chi connectivity index (χ0) is 21.3. The summed E-state index contributed by atoms with van der Waals surface area (Å²) < 4.78 is 11.9. The van der Waals surface area contributed by atoms with Gasteiger partial charge in [0.05, 0.1) is 11.3 Å². The zero-order valence-corrected chi connectivity index (χ0v) is 17.6. The van der Waals surface area contributed by atoms with Crippen LogP contribution in [0.5, 0.6) is 17.2 Å². The van der Waals surface area contributed by atoms with Crippen LogP contribution in [0.1, 0.15) is 29.6 Å². The van der Waals surface area contributed by atoms with Gasteiger partial charge in [0.1, 0.15) is 18.1 Å². The number of piperidine rings is 1. The average molecular weight is 417 g/mol. The van der Waals surface area contributed by atoms with Gasteiger partial charge in [0, 0.05) is 6.54 Å². The van der Waals surface area contributed by atoms with Gasteiger partial charge in [0.2, 0.25) is 0 Å². The number of benzene rings is 3. The number of nitrogens with zero attached hydrogens (tertiary/aromatic N) is 1. The van der Waals surface area contributed by atoms with Crippen molar-refractivity contribution < 1.29 is 14.3 Å². The van der Waals surface area contributed by atoms with Gasteiger partial charge in [-0.1, -0.05) is 48.9 Å². The Morgan fingerprint density at radius 3 is 2.29 bits per heavy atom. The molecule has 1 N–H and O–H groups in total. The van der Waals surface area contributed by atoms with Crippen LogP contribution in [0.3, 0.4) is 0 Å². The number of para-hydroxylation sites is 4. The first kappa shape index (κ1) is 20.9. The fourth-order valence-electron chi connectivity index (χ4n) is 3.71. The Balaban J connectivity index is 1.42. The van der Waals surface area contributed by atoms with Gasteiger partial charge < -0.3 is 14.8 Å². The lowest BCUT2D eigenvalue weighted by Crippen LogP contribution is -2.33. The SMILES string of the molecule is O=C(Nc1ccccc1Oc1ccccc1)c1ccccc1OCCN1CCCCC1. The fraction of sp³-hybridized carbons (Fsp3) is 0.269. The van der Waals surface area contributed by atoms with Crippen LogP contribution in [0.2, 0.25) is 0 Å². The standard InChI is InChI=1S/C26H28N2O3/c29-26(27-23-14-6-8-16-25(23)31-21-11-3-1-4-12-21)22-13-5-7-15-24(22)30-20-19-28-17-9-2-10-18-28/h1,3-8,11-16H,2,9-10,17-20H2,(H,27,29). The third-order valence-corrected chi connectivity index (χ3v) is 5.35. The molecule has 1 saturated heterocycles. The molecule has 0 aliphatic carbocycles. The predicted octanol–water partition coefficient (Wildman–Crippen LogP) is 5.60. The zero-order valence-electron chi connectivity index (χ0n) is 17.6. The lowest BCUT2D eigenvalue weighted by molar-refractivity contribution is 0.102. The summed E-state index contributed by atoms with van der Waals surface area (Å²) in [6.45, 7) is 3.70. The van der Waals surface area contributed by atoms with Crippen LogP contribution < -0.4 is 14.8 Å². The number of likely N-dealkylation sites (tertiary alicyclic amines) is 1. The second kappa shape index (κ2) is 10.6. The summed E-state index contributed by atoms with van der Waals surface area (Å²) in [4.78, 5) is 15.5. The Kier molecular flexibility index (Phi) is 7.19. The number of carbonyl (C=O) groups excluding carboxylic acids is 1. The number of rotatable bonds is 8. The molecule has 0 radical (unpaired) electrons. The van der Waals surface area contributed by atoms with Crippen LogP contribution in [0, 0.1) is 0 Å². The lowest BCUT2D eigenvalue weighted by atomic mass is 10.1. The Hall–Kier alpha value is -3.31. The highest BCUT2D eigenvalue weighted by molar-refractivity contribution is 6.06. The van der Waals surface area contributed by atoms with Crippen molar-refractivity contribution in [2.75, 3.05) is 31.6 Å². The molecular formula is C26H28N2O3. The average Bonchev–Trinajstić information content (AvgIpc) is 2.82. The van der Waals surface area contributed by atoms with Crippen molar-refractivity contribution in [1.82, 2.24) is 4.90 Å².